The van der Waals surface area contributed by atoms with Gasteiger partial charge >= 0.3 is 0 Å². The van der Waals surface area contributed by atoms with Crippen LogP contribution in [0.5, 0.6) is 11.5 Å². The topological polar surface area (TPSA) is 33.7 Å². The molecule has 0 saturated carbocycles. The number of likely N-dealkylation sites (N-methyl/N-ethyl adjacent to an activating group) is 1. The molecule has 0 aliphatic rings. The van der Waals surface area contributed by atoms with Crippen LogP contribution in [0.4, 0.5) is 0 Å². The highest BCUT2D eigenvalue weighted by atomic mass is 35.5. The van der Waals surface area contributed by atoms with Crippen molar-refractivity contribution in [2.75, 3.05) is 40.9 Å². The van der Waals surface area contributed by atoms with Gasteiger partial charge in [-0.2, -0.15) is 0 Å². The SMILES string of the molecule is CCCOc1c(CNCCN(C)C)cc(Cl)cc1OC.Cl. The Bertz CT molecular complexity index is 415. The summed E-state index contributed by atoms with van der Waals surface area (Å²) in [5.41, 5.74) is 1.03. The third-order valence-corrected chi connectivity index (χ3v) is 3.04. The van der Waals surface area contributed by atoms with Gasteiger partial charge in [0.1, 0.15) is 0 Å². The maximum atomic E-state index is 6.13. The van der Waals surface area contributed by atoms with E-state index >= 15 is 0 Å². The van der Waals surface area contributed by atoms with Gasteiger partial charge in [-0.05, 0) is 26.6 Å². The molecule has 0 aliphatic carbocycles. The monoisotopic (exact) mass is 336 g/mol. The zero-order valence-electron chi connectivity index (χ0n) is 13.2. The number of ether oxygens (including phenoxy) is 2. The van der Waals surface area contributed by atoms with E-state index in [9.17, 15) is 0 Å². The van der Waals surface area contributed by atoms with Crippen LogP contribution in [0.3, 0.4) is 0 Å². The molecule has 1 aromatic carbocycles. The molecular formula is C15H26Cl2N2O2. The van der Waals surface area contributed by atoms with E-state index in [1.165, 1.54) is 0 Å². The third kappa shape index (κ3) is 7.23. The number of nitrogens with zero attached hydrogens (tertiary/aromatic N) is 1. The number of halogens is 2. The average Bonchev–Trinajstić information content (AvgIpc) is 2.41. The summed E-state index contributed by atoms with van der Waals surface area (Å²) in [6.45, 7) is 5.36. The molecule has 21 heavy (non-hydrogen) atoms. The first-order valence-corrected chi connectivity index (χ1v) is 7.31. The minimum atomic E-state index is 0. The molecule has 0 saturated heterocycles. The van der Waals surface area contributed by atoms with Crippen molar-refractivity contribution < 1.29 is 9.47 Å². The number of hydrogen-bond acceptors (Lipinski definition) is 4. The van der Waals surface area contributed by atoms with Gasteiger partial charge in [-0.15, -0.1) is 12.4 Å². The highest BCUT2D eigenvalue weighted by molar-refractivity contribution is 6.30. The summed E-state index contributed by atoms with van der Waals surface area (Å²) in [4.78, 5) is 2.14. The lowest BCUT2D eigenvalue weighted by Gasteiger charge is -2.16. The summed E-state index contributed by atoms with van der Waals surface area (Å²) in [6, 6.07) is 3.72. The Kier molecular flexibility index (Phi) is 10.6. The smallest absolute Gasteiger partial charge is 0.165 e. The maximum absolute atomic E-state index is 6.13. The molecule has 0 fully saturated rings. The normalized spacial score (nSPS) is 10.4. The highest BCUT2D eigenvalue weighted by Gasteiger charge is 2.12. The molecule has 0 aromatic heterocycles. The van der Waals surface area contributed by atoms with Crippen molar-refractivity contribution in [1.82, 2.24) is 10.2 Å². The molecule has 0 heterocycles. The Hall–Kier alpha value is -0.680. The Balaban J connectivity index is 0.00000400. The van der Waals surface area contributed by atoms with Crippen molar-refractivity contribution in [3.63, 3.8) is 0 Å². The van der Waals surface area contributed by atoms with E-state index in [-0.39, 0.29) is 12.4 Å². The second-order valence-corrected chi connectivity index (χ2v) is 5.36. The summed E-state index contributed by atoms with van der Waals surface area (Å²) in [5.74, 6) is 1.48. The second kappa shape index (κ2) is 11.0. The number of methoxy groups -OCH3 is 1. The van der Waals surface area contributed by atoms with Crippen molar-refractivity contribution in [3.8, 4) is 11.5 Å². The van der Waals surface area contributed by atoms with Crippen molar-refractivity contribution in [3.05, 3.63) is 22.7 Å². The first kappa shape index (κ1) is 20.3. The Morgan fingerprint density at radius 1 is 1.29 bits per heavy atom. The van der Waals surface area contributed by atoms with Gasteiger partial charge in [-0.1, -0.05) is 18.5 Å². The third-order valence-electron chi connectivity index (χ3n) is 2.82. The highest BCUT2D eigenvalue weighted by Crippen LogP contribution is 2.34. The van der Waals surface area contributed by atoms with E-state index in [0.29, 0.717) is 23.9 Å². The molecule has 0 spiro atoms. The molecule has 1 aromatic rings. The summed E-state index contributed by atoms with van der Waals surface area (Å²) in [5, 5.41) is 4.05. The maximum Gasteiger partial charge on any atom is 0.165 e. The molecule has 0 bridgehead atoms. The van der Waals surface area contributed by atoms with Crippen LogP contribution in [0.1, 0.15) is 18.9 Å². The summed E-state index contributed by atoms with van der Waals surface area (Å²) < 4.78 is 11.2. The second-order valence-electron chi connectivity index (χ2n) is 4.92. The predicted molar refractivity (Wildman–Crippen MR) is 91.3 cm³/mol. The van der Waals surface area contributed by atoms with Gasteiger partial charge in [-0.25, -0.2) is 0 Å². The minimum absolute atomic E-state index is 0. The molecule has 0 radical (unpaired) electrons. The van der Waals surface area contributed by atoms with E-state index in [1.54, 1.807) is 13.2 Å². The van der Waals surface area contributed by atoms with Crippen molar-refractivity contribution in [2.45, 2.75) is 19.9 Å². The fourth-order valence-electron chi connectivity index (χ4n) is 1.80. The Morgan fingerprint density at radius 3 is 2.57 bits per heavy atom. The van der Waals surface area contributed by atoms with E-state index in [2.05, 4.69) is 31.2 Å². The molecular weight excluding hydrogens is 311 g/mol. The molecule has 1 rings (SSSR count). The van der Waals surface area contributed by atoms with Gasteiger partial charge in [0.25, 0.3) is 0 Å². The predicted octanol–water partition coefficient (Wildman–Crippen LogP) is 3.21. The quantitative estimate of drug-likeness (QED) is 0.702. The fourth-order valence-corrected chi connectivity index (χ4v) is 2.03. The molecule has 4 nitrogen and oxygen atoms in total. The van der Waals surface area contributed by atoms with Gasteiger partial charge in [0.05, 0.1) is 13.7 Å². The van der Waals surface area contributed by atoms with Crippen LogP contribution >= 0.6 is 24.0 Å². The van der Waals surface area contributed by atoms with E-state index in [0.717, 1.165) is 30.8 Å². The van der Waals surface area contributed by atoms with E-state index in [4.69, 9.17) is 21.1 Å². The van der Waals surface area contributed by atoms with Gasteiger partial charge in [-0.3, -0.25) is 0 Å². The average molecular weight is 337 g/mol. The van der Waals surface area contributed by atoms with Gasteiger partial charge in [0, 0.05) is 36.3 Å². The van der Waals surface area contributed by atoms with Crippen LogP contribution in [0, 0.1) is 0 Å². The lowest BCUT2D eigenvalue weighted by atomic mass is 10.1. The van der Waals surface area contributed by atoms with Crippen LogP contribution in [-0.2, 0) is 6.54 Å². The summed E-state index contributed by atoms with van der Waals surface area (Å²) >= 11 is 6.13. The standard InChI is InChI=1S/C15H25ClN2O2.ClH/c1-5-8-20-15-12(11-17-6-7-18(2)3)9-13(16)10-14(15)19-4;/h9-10,17H,5-8,11H2,1-4H3;1H. The zero-order valence-corrected chi connectivity index (χ0v) is 14.8. The Labute approximate surface area is 139 Å². The molecule has 0 unspecified atom stereocenters. The first-order valence-electron chi connectivity index (χ1n) is 6.93. The summed E-state index contributed by atoms with van der Waals surface area (Å²) in [6.07, 6.45) is 0.958. The van der Waals surface area contributed by atoms with Crippen LogP contribution in [0.15, 0.2) is 12.1 Å². The van der Waals surface area contributed by atoms with Crippen LogP contribution in [0.2, 0.25) is 5.02 Å². The fraction of sp³-hybridized carbons (Fsp3) is 0.600. The van der Waals surface area contributed by atoms with Crippen molar-refractivity contribution >= 4 is 24.0 Å². The number of nitrogens with one attached hydrogen (secondary N) is 1. The molecule has 1 N–H and O–H groups in total. The van der Waals surface area contributed by atoms with Crippen LogP contribution in [-0.4, -0.2) is 45.8 Å². The lowest BCUT2D eigenvalue weighted by molar-refractivity contribution is 0.290. The molecule has 0 atom stereocenters. The lowest BCUT2D eigenvalue weighted by Crippen LogP contribution is -2.26. The molecule has 6 heteroatoms. The van der Waals surface area contributed by atoms with Gasteiger partial charge in [0.15, 0.2) is 11.5 Å². The van der Waals surface area contributed by atoms with E-state index in [1.807, 2.05) is 6.07 Å². The van der Waals surface area contributed by atoms with Gasteiger partial charge < -0.3 is 19.7 Å². The molecule has 0 amide bonds. The number of benzene rings is 1. The van der Waals surface area contributed by atoms with Crippen molar-refractivity contribution in [2.24, 2.45) is 0 Å². The molecule has 122 valence electrons. The molecule has 0 aliphatic heterocycles. The van der Waals surface area contributed by atoms with E-state index < -0.39 is 0 Å². The van der Waals surface area contributed by atoms with Gasteiger partial charge in [0.2, 0.25) is 0 Å². The zero-order chi connectivity index (χ0) is 15.0. The van der Waals surface area contributed by atoms with Crippen LogP contribution < -0.4 is 14.8 Å². The largest absolute Gasteiger partial charge is 0.493 e. The Morgan fingerprint density at radius 2 is 2.00 bits per heavy atom. The summed E-state index contributed by atoms with van der Waals surface area (Å²) in [7, 11) is 5.74. The minimum Gasteiger partial charge on any atom is -0.493 e. The number of hydrogen-bond donors (Lipinski definition) is 1. The number of rotatable bonds is 9. The first-order chi connectivity index (χ1) is 9.58. The van der Waals surface area contributed by atoms with Crippen LogP contribution in [0.25, 0.3) is 0 Å². The van der Waals surface area contributed by atoms with Crippen molar-refractivity contribution in [1.29, 1.82) is 0 Å².